The van der Waals surface area contributed by atoms with Crippen LogP contribution in [0.4, 0.5) is 17.1 Å². The molecule has 0 radical (unpaired) electrons. The highest BCUT2D eigenvalue weighted by Crippen LogP contribution is 2.29. The largest absolute Gasteiger partial charge is 0.382 e. The molecule has 0 aliphatic carbocycles. The number of carbonyl (C=O) groups is 2. The molecule has 1 aromatic heterocycles. The third-order valence-corrected chi connectivity index (χ3v) is 5.30. The van der Waals surface area contributed by atoms with E-state index in [0.717, 1.165) is 5.69 Å². The quantitative estimate of drug-likeness (QED) is 0.192. The molecule has 3 rings (SSSR count). The lowest BCUT2D eigenvalue weighted by molar-refractivity contribution is -0.384. The number of hydrogen-bond donors (Lipinski definition) is 3. The molecule has 1 atom stereocenters. The Bertz CT molecular complexity index is 1200. The van der Waals surface area contributed by atoms with Crippen molar-refractivity contribution in [2.75, 3.05) is 30.4 Å². The first kappa shape index (κ1) is 26.3. The van der Waals surface area contributed by atoms with Gasteiger partial charge in [0.15, 0.2) is 0 Å². The van der Waals surface area contributed by atoms with Gasteiger partial charge in [0.1, 0.15) is 5.69 Å². The standard InChI is InChI=1S/C26H29N5O5/c1-3-36-15-7-14-28-25(32)19-8-6-9-21(16-19)30-26(33)20-11-12-23(24(17-20)31(34)35)29-18(2)22-10-4-5-13-27-22/h4-6,8-13,16-18,29H,3,7,14-15H2,1-2H3,(H,28,32)(H,30,33). The lowest BCUT2D eigenvalue weighted by Gasteiger charge is -2.15. The summed E-state index contributed by atoms with van der Waals surface area (Å²) in [6.07, 6.45) is 2.34. The minimum absolute atomic E-state index is 0.114. The lowest BCUT2D eigenvalue weighted by atomic mass is 10.1. The topological polar surface area (TPSA) is 135 Å². The maximum absolute atomic E-state index is 12.8. The number of ether oxygens (including phenoxy) is 1. The molecule has 36 heavy (non-hydrogen) atoms. The fourth-order valence-electron chi connectivity index (χ4n) is 3.45. The molecule has 3 N–H and O–H groups in total. The van der Waals surface area contributed by atoms with Crippen molar-refractivity contribution < 1.29 is 19.2 Å². The highest BCUT2D eigenvalue weighted by Gasteiger charge is 2.20. The minimum Gasteiger partial charge on any atom is -0.382 e. The molecule has 0 saturated carbocycles. The number of anilines is 2. The molecule has 2 amide bonds. The van der Waals surface area contributed by atoms with E-state index in [0.29, 0.717) is 37.4 Å². The van der Waals surface area contributed by atoms with Crippen molar-refractivity contribution in [1.82, 2.24) is 10.3 Å². The van der Waals surface area contributed by atoms with E-state index < -0.39 is 10.8 Å². The van der Waals surface area contributed by atoms with Crippen molar-refractivity contribution >= 4 is 28.9 Å². The molecule has 3 aromatic rings. The van der Waals surface area contributed by atoms with Gasteiger partial charge in [-0.3, -0.25) is 24.7 Å². The number of amides is 2. The number of carbonyl (C=O) groups excluding carboxylic acids is 2. The van der Waals surface area contributed by atoms with Crippen LogP contribution < -0.4 is 16.0 Å². The van der Waals surface area contributed by atoms with E-state index >= 15 is 0 Å². The number of benzene rings is 2. The molecular weight excluding hydrogens is 462 g/mol. The van der Waals surface area contributed by atoms with Crippen LogP contribution in [-0.4, -0.2) is 41.5 Å². The van der Waals surface area contributed by atoms with Gasteiger partial charge in [-0.2, -0.15) is 0 Å². The molecule has 0 spiro atoms. The Kier molecular flexibility index (Phi) is 9.47. The number of pyridine rings is 1. The van der Waals surface area contributed by atoms with Crippen molar-refractivity contribution in [2.45, 2.75) is 26.3 Å². The van der Waals surface area contributed by atoms with E-state index in [9.17, 15) is 19.7 Å². The van der Waals surface area contributed by atoms with Crippen LogP contribution in [0.15, 0.2) is 66.9 Å². The number of nitrogens with zero attached hydrogens (tertiary/aromatic N) is 2. The third kappa shape index (κ3) is 7.34. The van der Waals surface area contributed by atoms with E-state index in [-0.39, 0.29) is 28.9 Å². The maximum Gasteiger partial charge on any atom is 0.293 e. The molecule has 0 saturated heterocycles. The van der Waals surface area contributed by atoms with Crippen molar-refractivity contribution in [1.29, 1.82) is 0 Å². The predicted octanol–water partition coefficient (Wildman–Crippen LogP) is 4.57. The van der Waals surface area contributed by atoms with Crippen LogP contribution >= 0.6 is 0 Å². The summed E-state index contributed by atoms with van der Waals surface area (Å²) >= 11 is 0. The van der Waals surface area contributed by atoms with Gasteiger partial charge in [-0.05, 0) is 62.7 Å². The number of aromatic nitrogens is 1. The fourth-order valence-corrected chi connectivity index (χ4v) is 3.45. The molecule has 2 aromatic carbocycles. The van der Waals surface area contributed by atoms with Gasteiger partial charge in [-0.25, -0.2) is 0 Å². The summed E-state index contributed by atoms with van der Waals surface area (Å²) in [5.74, 6) is -0.799. The highest BCUT2D eigenvalue weighted by molar-refractivity contribution is 6.06. The molecule has 1 unspecified atom stereocenters. The van der Waals surface area contributed by atoms with Crippen LogP contribution in [0.1, 0.15) is 52.7 Å². The van der Waals surface area contributed by atoms with Gasteiger partial charge in [0.2, 0.25) is 0 Å². The summed E-state index contributed by atoms with van der Waals surface area (Å²) in [5, 5.41) is 20.3. The molecule has 188 valence electrons. The predicted molar refractivity (Wildman–Crippen MR) is 137 cm³/mol. The Hall–Kier alpha value is -4.31. The Balaban J connectivity index is 1.68. The second kappa shape index (κ2) is 13.0. The van der Waals surface area contributed by atoms with E-state index in [4.69, 9.17) is 4.74 Å². The van der Waals surface area contributed by atoms with Gasteiger partial charge in [0, 0.05) is 48.8 Å². The van der Waals surface area contributed by atoms with E-state index in [1.54, 1.807) is 36.5 Å². The Morgan fingerprint density at radius 1 is 1.06 bits per heavy atom. The monoisotopic (exact) mass is 491 g/mol. The summed E-state index contributed by atoms with van der Waals surface area (Å²) < 4.78 is 5.25. The summed E-state index contributed by atoms with van der Waals surface area (Å²) in [7, 11) is 0. The van der Waals surface area contributed by atoms with Gasteiger partial charge in [-0.1, -0.05) is 12.1 Å². The summed E-state index contributed by atoms with van der Waals surface area (Å²) in [6, 6.07) is 15.9. The van der Waals surface area contributed by atoms with Crippen LogP contribution in [-0.2, 0) is 4.74 Å². The second-order valence-electron chi connectivity index (χ2n) is 7.95. The average Bonchev–Trinajstić information content (AvgIpc) is 2.89. The molecule has 1 heterocycles. The van der Waals surface area contributed by atoms with E-state index in [1.807, 2.05) is 26.0 Å². The molecule has 0 aliphatic rings. The van der Waals surface area contributed by atoms with Crippen LogP contribution in [0.3, 0.4) is 0 Å². The van der Waals surface area contributed by atoms with Crippen molar-refractivity contribution in [2.24, 2.45) is 0 Å². The Morgan fingerprint density at radius 3 is 2.58 bits per heavy atom. The Labute approximate surface area is 209 Å². The molecule has 10 nitrogen and oxygen atoms in total. The number of nitrogens with one attached hydrogen (secondary N) is 3. The number of nitro benzene ring substituents is 1. The van der Waals surface area contributed by atoms with E-state index in [1.165, 1.54) is 18.2 Å². The van der Waals surface area contributed by atoms with Crippen LogP contribution in [0.25, 0.3) is 0 Å². The molecule has 10 heteroatoms. The van der Waals surface area contributed by atoms with Gasteiger partial charge in [0.25, 0.3) is 17.5 Å². The SMILES string of the molecule is CCOCCCNC(=O)c1cccc(NC(=O)c2ccc(NC(C)c3ccccn3)c([N+](=O)[O-])c2)c1. The molecular formula is C26H29N5O5. The van der Waals surface area contributed by atoms with Crippen LogP contribution in [0, 0.1) is 10.1 Å². The summed E-state index contributed by atoms with van der Waals surface area (Å²) in [5.41, 5.74) is 1.67. The maximum atomic E-state index is 12.8. The average molecular weight is 492 g/mol. The minimum atomic E-state index is -0.541. The van der Waals surface area contributed by atoms with Gasteiger partial charge in [0.05, 0.1) is 16.7 Å². The summed E-state index contributed by atoms with van der Waals surface area (Å²) in [6.45, 7) is 5.41. The number of hydrogen-bond acceptors (Lipinski definition) is 7. The first-order valence-corrected chi connectivity index (χ1v) is 11.6. The second-order valence-corrected chi connectivity index (χ2v) is 7.95. The van der Waals surface area contributed by atoms with Gasteiger partial charge < -0.3 is 20.7 Å². The molecule has 0 fully saturated rings. The number of nitro groups is 1. The number of rotatable bonds is 12. The van der Waals surface area contributed by atoms with Crippen LogP contribution in [0.5, 0.6) is 0 Å². The zero-order valence-corrected chi connectivity index (χ0v) is 20.2. The first-order chi connectivity index (χ1) is 17.4. The Morgan fingerprint density at radius 2 is 1.86 bits per heavy atom. The molecule has 0 bridgehead atoms. The van der Waals surface area contributed by atoms with Crippen molar-refractivity contribution in [3.63, 3.8) is 0 Å². The molecule has 0 aliphatic heterocycles. The van der Waals surface area contributed by atoms with Crippen molar-refractivity contribution in [3.8, 4) is 0 Å². The zero-order valence-electron chi connectivity index (χ0n) is 20.2. The fraction of sp³-hybridized carbons (Fsp3) is 0.269. The smallest absolute Gasteiger partial charge is 0.293 e. The van der Waals surface area contributed by atoms with Gasteiger partial charge >= 0.3 is 0 Å². The zero-order chi connectivity index (χ0) is 25.9. The van der Waals surface area contributed by atoms with E-state index in [2.05, 4.69) is 20.9 Å². The lowest BCUT2D eigenvalue weighted by Crippen LogP contribution is -2.25. The first-order valence-electron chi connectivity index (χ1n) is 11.6. The van der Waals surface area contributed by atoms with Crippen molar-refractivity contribution in [3.05, 3.63) is 93.8 Å². The highest BCUT2D eigenvalue weighted by atomic mass is 16.6. The third-order valence-electron chi connectivity index (χ3n) is 5.30. The van der Waals surface area contributed by atoms with Gasteiger partial charge in [-0.15, -0.1) is 0 Å². The normalized spacial score (nSPS) is 11.4. The van der Waals surface area contributed by atoms with Crippen LogP contribution in [0.2, 0.25) is 0 Å². The summed E-state index contributed by atoms with van der Waals surface area (Å²) in [4.78, 5) is 40.6.